The summed E-state index contributed by atoms with van der Waals surface area (Å²) in [6, 6.07) is 10.1. The molecule has 2 atom stereocenters. The third kappa shape index (κ3) is 3.08. The maximum atomic E-state index is 12.8. The molecule has 0 saturated carbocycles. The number of carbonyl (C=O) groups is 1. The van der Waals surface area contributed by atoms with Crippen LogP contribution in [0.25, 0.3) is 10.6 Å². The average Bonchev–Trinajstić information content (AvgIpc) is 3.34. The smallest absolute Gasteiger partial charge is 0.265 e. The van der Waals surface area contributed by atoms with E-state index >= 15 is 0 Å². The van der Waals surface area contributed by atoms with Gasteiger partial charge in [-0.05, 0) is 5.56 Å². The van der Waals surface area contributed by atoms with E-state index < -0.39 is 0 Å². The summed E-state index contributed by atoms with van der Waals surface area (Å²) in [4.78, 5) is 19.7. The van der Waals surface area contributed by atoms with Gasteiger partial charge in [-0.15, -0.1) is 11.3 Å². The SMILES string of the molecule is Cn1cc(-c2ncc(C(=O)N3C[C@@H](N)[C@H](c4ccccc4)C3)s2)cn1. The van der Waals surface area contributed by atoms with Crippen LogP contribution in [0.5, 0.6) is 0 Å². The number of hydrogen-bond acceptors (Lipinski definition) is 5. The number of aromatic nitrogens is 3. The first-order valence-electron chi connectivity index (χ1n) is 8.16. The van der Waals surface area contributed by atoms with Gasteiger partial charge in [0.15, 0.2) is 0 Å². The van der Waals surface area contributed by atoms with Crippen LogP contribution >= 0.6 is 11.3 Å². The third-order valence-corrected chi connectivity index (χ3v) is 5.58. The van der Waals surface area contributed by atoms with E-state index in [2.05, 4.69) is 22.2 Å². The quantitative estimate of drug-likeness (QED) is 0.782. The molecular formula is C18H19N5OS. The Hall–Kier alpha value is -2.51. The van der Waals surface area contributed by atoms with Gasteiger partial charge < -0.3 is 10.6 Å². The van der Waals surface area contributed by atoms with Gasteiger partial charge in [0, 0.05) is 43.9 Å². The molecule has 7 heteroatoms. The van der Waals surface area contributed by atoms with Gasteiger partial charge in [0.05, 0.1) is 12.4 Å². The summed E-state index contributed by atoms with van der Waals surface area (Å²) in [6.45, 7) is 1.21. The highest BCUT2D eigenvalue weighted by molar-refractivity contribution is 7.16. The van der Waals surface area contributed by atoms with Crippen LogP contribution in [0.3, 0.4) is 0 Å². The molecule has 6 nitrogen and oxygen atoms in total. The molecule has 0 aliphatic carbocycles. The van der Waals surface area contributed by atoms with Crippen molar-refractivity contribution in [3.8, 4) is 10.6 Å². The largest absolute Gasteiger partial charge is 0.336 e. The van der Waals surface area contributed by atoms with E-state index in [4.69, 9.17) is 5.73 Å². The van der Waals surface area contributed by atoms with Gasteiger partial charge in [0.25, 0.3) is 5.91 Å². The van der Waals surface area contributed by atoms with Gasteiger partial charge in [0.1, 0.15) is 9.88 Å². The molecule has 3 aromatic rings. The number of benzene rings is 1. The number of amides is 1. The van der Waals surface area contributed by atoms with Crippen LogP contribution in [-0.4, -0.2) is 44.7 Å². The van der Waals surface area contributed by atoms with Crippen molar-refractivity contribution in [3.63, 3.8) is 0 Å². The maximum Gasteiger partial charge on any atom is 0.265 e. The monoisotopic (exact) mass is 353 g/mol. The van der Waals surface area contributed by atoms with Gasteiger partial charge in [-0.25, -0.2) is 4.98 Å². The molecule has 1 aliphatic heterocycles. The minimum atomic E-state index is -0.0444. The summed E-state index contributed by atoms with van der Waals surface area (Å²) in [6.07, 6.45) is 5.30. The fourth-order valence-electron chi connectivity index (χ4n) is 3.24. The molecule has 3 heterocycles. The van der Waals surface area contributed by atoms with E-state index in [1.165, 1.54) is 16.9 Å². The summed E-state index contributed by atoms with van der Waals surface area (Å²) in [5, 5.41) is 4.95. The molecule has 2 aromatic heterocycles. The second-order valence-corrected chi connectivity index (χ2v) is 7.35. The maximum absolute atomic E-state index is 12.8. The van der Waals surface area contributed by atoms with Crippen LogP contribution in [0.4, 0.5) is 0 Å². The predicted octanol–water partition coefficient (Wildman–Crippen LogP) is 2.11. The summed E-state index contributed by atoms with van der Waals surface area (Å²) in [7, 11) is 1.86. The van der Waals surface area contributed by atoms with Crippen molar-refractivity contribution >= 4 is 17.2 Å². The first-order chi connectivity index (χ1) is 12.1. The van der Waals surface area contributed by atoms with Crippen molar-refractivity contribution in [1.29, 1.82) is 0 Å². The van der Waals surface area contributed by atoms with Crippen LogP contribution in [-0.2, 0) is 7.05 Å². The normalized spacial score (nSPS) is 20.2. The first kappa shape index (κ1) is 16.0. The van der Waals surface area contributed by atoms with Crippen molar-refractivity contribution in [3.05, 3.63) is 59.4 Å². The molecule has 0 spiro atoms. The van der Waals surface area contributed by atoms with Crippen molar-refractivity contribution < 1.29 is 4.79 Å². The second-order valence-electron chi connectivity index (χ2n) is 6.32. The zero-order chi connectivity index (χ0) is 17.4. The molecule has 2 N–H and O–H groups in total. The molecule has 1 saturated heterocycles. The number of hydrogen-bond donors (Lipinski definition) is 1. The number of aryl methyl sites for hydroxylation is 1. The van der Waals surface area contributed by atoms with Crippen molar-refractivity contribution in [2.24, 2.45) is 12.8 Å². The van der Waals surface area contributed by atoms with Crippen molar-refractivity contribution in [2.75, 3.05) is 13.1 Å². The highest BCUT2D eigenvalue weighted by Crippen LogP contribution is 2.30. The fraction of sp³-hybridized carbons (Fsp3) is 0.278. The minimum absolute atomic E-state index is 0.00141. The molecule has 1 amide bonds. The third-order valence-electron chi connectivity index (χ3n) is 4.55. The van der Waals surface area contributed by atoms with Gasteiger partial charge in [-0.3, -0.25) is 9.48 Å². The lowest BCUT2D eigenvalue weighted by Crippen LogP contribution is -2.31. The van der Waals surface area contributed by atoms with Crippen LogP contribution < -0.4 is 5.73 Å². The van der Waals surface area contributed by atoms with E-state index in [0.717, 1.165) is 10.6 Å². The van der Waals surface area contributed by atoms with E-state index in [0.29, 0.717) is 18.0 Å². The highest BCUT2D eigenvalue weighted by Gasteiger charge is 2.34. The molecule has 1 aromatic carbocycles. The number of nitrogens with two attached hydrogens (primary N) is 1. The van der Waals surface area contributed by atoms with E-state index in [9.17, 15) is 4.79 Å². The van der Waals surface area contributed by atoms with Gasteiger partial charge in [-0.1, -0.05) is 30.3 Å². The topological polar surface area (TPSA) is 77.0 Å². The Morgan fingerprint density at radius 1 is 1.24 bits per heavy atom. The number of thiazole rings is 1. The predicted molar refractivity (Wildman–Crippen MR) is 97.4 cm³/mol. The first-order valence-corrected chi connectivity index (χ1v) is 8.98. The molecule has 0 radical (unpaired) electrons. The van der Waals surface area contributed by atoms with Gasteiger partial charge >= 0.3 is 0 Å². The summed E-state index contributed by atoms with van der Waals surface area (Å²) in [5.41, 5.74) is 8.41. The Balaban J connectivity index is 1.51. The molecule has 0 bridgehead atoms. The molecule has 1 aliphatic rings. The number of nitrogens with zero attached hydrogens (tertiary/aromatic N) is 4. The molecule has 25 heavy (non-hydrogen) atoms. The Morgan fingerprint density at radius 2 is 2.04 bits per heavy atom. The lowest BCUT2D eigenvalue weighted by atomic mass is 9.95. The van der Waals surface area contributed by atoms with Crippen LogP contribution in [0, 0.1) is 0 Å². The Labute approximate surface area is 149 Å². The lowest BCUT2D eigenvalue weighted by Gasteiger charge is -2.15. The standard InChI is InChI=1S/C18H19N5OS/c1-22-9-13(7-21-22)17-20-8-16(25-17)18(24)23-10-14(15(19)11-23)12-5-3-2-4-6-12/h2-9,14-15H,10-11,19H2,1H3/t14-,15+/m0/s1. The van der Waals surface area contributed by atoms with Crippen LogP contribution in [0.1, 0.15) is 21.2 Å². The van der Waals surface area contributed by atoms with Crippen molar-refractivity contribution in [2.45, 2.75) is 12.0 Å². The summed E-state index contributed by atoms with van der Waals surface area (Å²) < 4.78 is 1.72. The Kier molecular flexibility index (Phi) is 4.10. The summed E-state index contributed by atoms with van der Waals surface area (Å²) >= 11 is 1.40. The number of carbonyl (C=O) groups excluding carboxylic acids is 1. The average molecular weight is 353 g/mol. The van der Waals surface area contributed by atoms with E-state index in [1.807, 2.05) is 36.3 Å². The number of rotatable bonds is 3. The molecule has 0 unspecified atom stereocenters. The zero-order valence-corrected chi connectivity index (χ0v) is 14.7. The van der Waals surface area contributed by atoms with E-state index in [-0.39, 0.29) is 17.9 Å². The summed E-state index contributed by atoms with van der Waals surface area (Å²) in [5.74, 6) is 0.178. The zero-order valence-electron chi connectivity index (χ0n) is 13.9. The van der Waals surface area contributed by atoms with Crippen LogP contribution in [0.2, 0.25) is 0 Å². The van der Waals surface area contributed by atoms with E-state index in [1.54, 1.807) is 17.1 Å². The highest BCUT2D eigenvalue weighted by atomic mass is 32.1. The Bertz CT molecular complexity index is 888. The fourth-order valence-corrected chi connectivity index (χ4v) is 4.10. The van der Waals surface area contributed by atoms with Gasteiger partial charge in [-0.2, -0.15) is 5.10 Å². The lowest BCUT2D eigenvalue weighted by molar-refractivity contribution is 0.0793. The minimum Gasteiger partial charge on any atom is -0.336 e. The molecule has 4 rings (SSSR count). The molecule has 128 valence electrons. The van der Waals surface area contributed by atoms with Crippen molar-refractivity contribution in [1.82, 2.24) is 19.7 Å². The van der Waals surface area contributed by atoms with Crippen LogP contribution in [0.15, 0.2) is 48.9 Å². The number of likely N-dealkylation sites (tertiary alicyclic amines) is 1. The Morgan fingerprint density at radius 3 is 2.76 bits per heavy atom. The molecular weight excluding hydrogens is 334 g/mol. The molecule has 1 fully saturated rings. The van der Waals surface area contributed by atoms with Gasteiger partial charge in [0.2, 0.25) is 0 Å². The second kappa shape index (κ2) is 6.42.